The highest BCUT2D eigenvalue weighted by Gasteiger charge is 2.29. The SMILES string of the molecule is CCN(CC1CCC(CNC(=O)OC(C)(C)C)CC1)S(=O)(=O)c1ccc2ccccc2c1. The molecular weight excluding hydrogens is 424 g/mol. The standard InChI is InChI=1S/C25H36N2O4S/c1-5-27(32(29,30)23-15-14-21-8-6-7-9-22(21)16-23)18-20-12-10-19(11-13-20)17-26-24(28)31-25(2,3)4/h6-9,14-16,19-20H,5,10-13,17-18H2,1-4H3,(H,26,28). The summed E-state index contributed by atoms with van der Waals surface area (Å²) in [5.41, 5.74) is -0.498. The summed E-state index contributed by atoms with van der Waals surface area (Å²) in [6, 6.07) is 13.2. The summed E-state index contributed by atoms with van der Waals surface area (Å²) in [5, 5.41) is 4.84. The largest absolute Gasteiger partial charge is 0.444 e. The zero-order valence-electron chi connectivity index (χ0n) is 19.6. The summed E-state index contributed by atoms with van der Waals surface area (Å²) in [7, 11) is -3.53. The van der Waals surface area contributed by atoms with E-state index in [1.807, 2.05) is 58.0 Å². The van der Waals surface area contributed by atoms with Gasteiger partial charge in [0.1, 0.15) is 5.60 Å². The Labute approximate surface area is 192 Å². The number of nitrogens with zero attached hydrogens (tertiary/aromatic N) is 1. The number of ether oxygens (including phenoxy) is 1. The first-order valence-electron chi connectivity index (χ1n) is 11.5. The number of sulfonamides is 1. The lowest BCUT2D eigenvalue weighted by atomic mass is 9.82. The molecule has 0 atom stereocenters. The predicted molar refractivity (Wildman–Crippen MR) is 128 cm³/mol. The number of nitrogens with one attached hydrogen (secondary N) is 1. The van der Waals surface area contributed by atoms with Crippen molar-refractivity contribution in [2.45, 2.75) is 63.9 Å². The monoisotopic (exact) mass is 460 g/mol. The molecule has 2 aromatic carbocycles. The number of hydrogen-bond donors (Lipinski definition) is 1. The summed E-state index contributed by atoms with van der Waals surface area (Å²) in [5.74, 6) is 0.744. The van der Waals surface area contributed by atoms with Gasteiger partial charge in [-0.15, -0.1) is 0 Å². The number of alkyl carbamates (subject to hydrolysis) is 1. The first-order valence-corrected chi connectivity index (χ1v) is 13.0. The molecular formula is C25H36N2O4S. The lowest BCUT2D eigenvalue weighted by molar-refractivity contribution is 0.0512. The molecule has 1 saturated carbocycles. The van der Waals surface area contributed by atoms with Gasteiger partial charge in [-0.1, -0.05) is 37.3 Å². The van der Waals surface area contributed by atoms with Crippen molar-refractivity contribution in [3.63, 3.8) is 0 Å². The minimum atomic E-state index is -3.53. The van der Waals surface area contributed by atoms with Gasteiger partial charge in [0, 0.05) is 19.6 Å². The molecule has 0 radical (unpaired) electrons. The minimum absolute atomic E-state index is 0.336. The second kappa shape index (κ2) is 10.2. The molecule has 0 bridgehead atoms. The number of hydrogen-bond acceptors (Lipinski definition) is 4. The number of carbonyl (C=O) groups excluding carboxylic acids is 1. The summed E-state index contributed by atoms with van der Waals surface area (Å²) in [4.78, 5) is 12.2. The zero-order chi connectivity index (χ0) is 23.4. The Balaban J connectivity index is 1.55. The van der Waals surface area contributed by atoms with Crippen LogP contribution in [-0.4, -0.2) is 44.1 Å². The number of fused-ring (bicyclic) bond motifs is 1. The van der Waals surface area contributed by atoms with Crippen molar-refractivity contribution < 1.29 is 17.9 Å². The highest BCUT2D eigenvalue weighted by Crippen LogP contribution is 2.31. The van der Waals surface area contributed by atoms with Gasteiger partial charge >= 0.3 is 6.09 Å². The molecule has 1 aliphatic carbocycles. The van der Waals surface area contributed by atoms with E-state index < -0.39 is 15.6 Å². The van der Waals surface area contributed by atoms with Crippen LogP contribution in [0.3, 0.4) is 0 Å². The maximum Gasteiger partial charge on any atom is 0.407 e. The molecule has 0 spiro atoms. The molecule has 176 valence electrons. The lowest BCUT2D eigenvalue weighted by Gasteiger charge is -2.32. The molecule has 0 unspecified atom stereocenters. The maximum absolute atomic E-state index is 13.3. The van der Waals surface area contributed by atoms with Crippen molar-refractivity contribution in [3.05, 3.63) is 42.5 Å². The second-order valence-electron chi connectivity index (χ2n) is 9.73. The Hall–Kier alpha value is -2.12. The van der Waals surface area contributed by atoms with Gasteiger partial charge in [-0.25, -0.2) is 13.2 Å². The van der Waals surface area contributed by atoms with Gasteiger partial charge in [-0.2, -0.15) is 4.31 Å². The van der Waals surface area contributed by atoms with Crippen LogP contribution in [-0.2, 0) is 14.8 Å². The fourth-order valence-electron chi connectivity index (χ4n) is 4.32. The second-order valence-corrected chi connectivity index (χ2v) is 11.7. The van der Waals surface area contributed by atoms with E-state index in [1.165, 1.54) is 0 Å². The van der Waals surface area contributed by atoms with Crippen LogP contribution in [0.5, 0.6) is 0 Å². The summed E-state index contributed by atoms with van der Waals surface area (Å²) in [6.45, 7) is 9.05. The van der Waals surface area contributed by atoms with E-state index in [0.717, 1.165) is 36.5 Å². The third-order valence-electron chi connectivity index (χ3n) is 6.07. The molecule has 0 aromatic heterocycles. The van der Waals surface area contributed by atoms with Crippen molar-refractivity contribution >= 4 is 26.9 Å². The molecule has 1 fully saturated rings. The average Bonchev–Trinajstić information content (AvgIpc) is 2.75. The Bertz CT molecular complexity index is 1020. The van der Waals surface area contributed by atoms with Gasteiger partial charge in [0.2, 0.25) is 10.0 Å². The van der Waals surface area contributed by atoms with Crippen LogP contribution in [0.4, 0.5) is 4.79 Å². The van der Waals surface area contributed by atoms with Crippen LogP contribution < -0.4 is 5.32 Å². The predicted octanol–water partition coefficient (Wildman–Crippen LogP) is 5.18. The Morgan fingerprint density at radius 1 is 1.03 bits per heavy atom. The number of benzene rings is 2. The van der Waals surface area contributed by atoms with E-state index in [1.54, 1.807) is 16.4 Å². The van der Waals surface area contributed by atoms with E-state index in [9.17, 15) is 13.2 Å². The summed E-state index contributed by atoms with van der Waals surface area (Å²) < 4.78 is 33.5. The van der Waals surface area contributed by atoms with E-state index in [-0.39, 0.29) is 6.09 Å². The van der Waals surface area contributed by atoms with Gasteiger partial charge in [0.25, 0.3) is 0 Å². The topological polar surface area (TPSA) is 75.7 Å². The van der Waals surface area contributed by atoms with Crippen LogP contribution in [0.2, 0.25) is 0 Å². The Morgan fingerprint density at radius 3 is 2.28 bits per heavy atom. The minimum Gasteiger partial charge on any atom is -0.444 e. The van der Waals surface area contributed by atoms with Crippen molar-refractivity contribution in [3.8, 4) is 0 Å². The highest BCUT2D eigenvalue weighted by atomic mass is 32.2. The van der Waals surface area contributed by atoms with Gasteiger partial charge in [-0.3, -0.25) is 0 Å². The van der Waals surface area contributed by atoms with Gasteiger partial charge in [-0.05, 0) is 81.2 Å². The first-order chi connectivity index (χ1) is 15.1. The quantitative estimate of drug-likeness (QED) is 0.618. The lowest BCUT2D eigenvalue weighted by Crippen LogP contribution is -2.38. The summed E-state index contributed by atoms with van der Waals surface area (Å²) >= 11 is 0. The normalized spacial score (nSPS) is 19.8. The molecule has 2 aromatic rings. The smallest absolute Gasteiger partial charge is 0.407 e. The van der Waals surface area contributed by atoms with E-state index in [2.05, 4.69) is 5.32 Å². The number of rotatable bonds is 7. The first kappa shape index (κ1) is 24.5. The molecule has 3 rings (SSSR count). The molecule has 1 N–H and O–H groups in total. The van der Waals surface area contributed by atoms with Crippen LogP contribution >= 0.6 is 0 Å². The van der Waals surface area contributed by atoms with Gasteiger partial charge < -0.3 is 10.1 Å². The van der Waals surface area contributed by atoms with Crippen LogP contribution in [0.1, 0.15) is 53.4 Å². The molecule has 7 heteroatoms. The molecule has 1 aliphatic rings. The van der Waals surface area contributed by atoms with Gasteiger partial charge in [0.05, 0.1) is 4.90 Å². The van der Waals surface area contributed by atoms with E-state index in [0.29, 0.717) is 36.4 Å². The van der Waals surface area contributed by atoms with Crippen molar-refractivity contribution in [2.75, 3.05) is 19.6 Å². The van der Waals surface area contributed by atoms with E-state index in [4.69, 9.17) is 4.74 Å². The maximum atomic E-state index is 13.3. The molecule has 0 heterocycles. The highest BCUT2D eigenvalue weighted by molar-refractivity contribution is 7.89. The van der Waals surface area contributed by atoms with Crippen molar-refractivity contribution in [1.29, 1.82) is 0 Å². The molecule has 32 heavy (non-hydrogen) atoms. The molecule has 6 nitrogen and oxygen atoms in total. The zero-order valence-corrected chi connectivity index (χ0v) is 20.5. The molecule has 0 aliphatic heterocycles. The Kier molecular flexibility index (Phi) is 7.83. The third-order valence-corrected chi connectivity index (χ3v) is 8.01. The van der Waals surface area contributed by atoms with Crippen LogP contribution in [0.25, 0.3) is 10.8 Å². The Morgan fingerprint density at radius 2 is 1.66 bits per heavy atom. The fraction of sp³-hybridized carbons (Fsp3) is 0.560. The number of amides is 1. The average molecular weight is 461 g/mol. The summed E-state index contributed by atoms with van der Waals surface area (Å²) in [6.07, 6.45) is 3.51. The van der Waals surface area contributed by atoms with E-state index >= 15 is 0 Å². The fourth-order valence-corrected chi connectivity index (χ4v) is 5.88. The van der Waals surface area contributed by atoms with Crippen LogP contribution in [0.15, 0.2) is 47.4 Å². The number of carbonyl (C=O) groups is 1. The van der Waals surface area contributed by atoms with Gasteiger partial charge in [0.15, 0.2) is 0 Å². The third kappa shape index (κ3) is 6.45. The van der Waals surface area contributed by atoms with Crippen molar-refractivity contribution in [1.82, 2.24) is 9.62 Å². The van der Waals surface area contributed by atoms with Crippen LogP contribution in [0, 0.1) is 11.8 Å². The molecule has 1 amide bonds. The van der Waals surface area contributed by atoms with Crippen molar-refractivity contribution in [2.24, 2.45) is 11.8 Å². The molecule has 0 saturated heterocycles.